The predicted octanol–water partition coefficient (Wildman–Crippen LogP) is 5.07. The molecule has 1 radical (unpaired) electrons. The lowest BCUT2D eigenvalue weighted by molar-refractivity contribution is 0.521. The fraction of sp³-hybridized carbons (Fsp3) is 0.278. The summed E-state index contributed by atoms with van der Waals surface area (Å²) < 4.78 is 0. The molecule has 0 bridgehead atoms. The van der Waals surface area contributed by atoms with Gasteiger partial charge in [0.1, 0.15) is 0 Å². The van der Waals surface area contributed by atoms with E-state index in [0.717, 1.165) is 0 Å². The van der Waals surface area contributed by atoms with Crippen LogP contribution in [-0.2, 0) is 0 Å². The lowest BCUT2D eigenvalue weighted by atomic mass is 9.76. The quantitative estimate of drug-likeness (QED) is 0.696. The number of rotatable bonds is 4. The topological polar surface area (TPSA) is 0 Å². The molecule has 0 spiro atoms. The SMILES string of the molecule is C[C](c1ccccc1)C(c1ccccc1)C(C)C. The maximum Gasteiger partial charge on any atom is 0.00958 e. The van der Waals surface area contributed by atoms with E-state index in [2.05, 4.69) is 81.4 Å². The number of benzene rings is 2. The van der Waals surface area contributed by atoms with E-state index < -0.39 is 0 Å². The Morgan fingerprint density at radius 3 is 1.78 bits per heavy atom. The highest BCUT2D eigenvalue weighted by Gasteiger charge is 2.24. The van der Waals surface area contributed by atoms with E-state index in [1.807, 2.05) is 0 Å². The second-order valence-corrected chi connectivity index (χ2v) is 5.18. The second-order valence-electron chi connectivity index (χ2n) is 5.18. The standard InChI is InChI=1S/C18H21/c1-14(2)18(17-12-8-5-9-13-17)15(3)16-10-6-4-7-11-16/h4-14,18H,1-3H3. The zero-order chi connectivity index (χ0) is 13.0. The highest BCUT2D eigenvalue weighted by atomic mass is 14.3. The van der Waals surface area contributed by atoms with Crippen molar-refractivity contribution in [1.29, 1.82) is 0 Å². The van der Waals surface area contributed by atoms with Crippen molar-refractivity contribution in [3.63, 3.8) is 0 Å². The van der Waals surface area contributed by atoms with Crippen molar-refractivity contribution in [2.75, 3.05) is 0 Å². The van der Waals surface area contributed by atoms with Gasteiger partial charge in [-0.25, -0.2) is 0 Å². The highest BCUT2D eigenvalue weighted by Crippen LogP contribution is 2.37. The molecule has 0 saturated carbocycles. The maximum atomic E-state index is 2.30. The second kappa shape index (κ2) is 5.86. The molecule has 2 rings (SSSR count). The third kappa shape index (κ3) is 2.81. The summed E-state index contributed by atoms with van der Waals surface area (Å²) in [6, 6.07) is 21.5. The Morgan fingerprint density at radius 1 is 0.778 bits per heavy atom. The van der Waals surface area contributed by atoms with Crippen molar-refractivity contribution < 1.29 is 0 Å². The van der Waals surface area contributed by atoms with Crippen LogP contribution in [0.2, 0.25) is 0 Å². The molecule has 93 valence electrons. The Bertz CT molecular complexity index is 456. The van der Waals surface area contributed by atoms with E-state index in [1.165, 1.54) is 17.0 Å². The summed E-state index contributed by atoms with van der Waals surface area (Å²) in [6.45, 7) is 6.85. The first-order valence-corrected chi connectivity index (χ1v) is 6.64. The van der Waals surface area contributed by atoms with Gasteiger partial charge in [0, 0.05) is 5.92 Å². The summed E-state index contributed by atoms with van der Waals surface area (Å²) >= 11 is 0. The van der Waals surface area contributed by atoms with Crippen molar-refractivity contribution in [2.45, 2.75) is 26.7 Å². The van der Waals surface area contributed by atoms with Crippen molar-refractivity contribution in [3.05, 3.63) is 77.7 Å². The molecule has 0 aromatic heterocycles. The predicted molar refractivity (Wildman–Crippen MR) is 78.5 cm³/mol. The van der Waals surface area contributed by atoms with Crippen LogP contribution in [0.1, 0.15) is 37.8 Å². The van der Waals surface area contributed by atoms with Gasteiger partial charge in [-0.1, -0.05) is 81.4 Å². The van der Waals surface area contributed by atoms with E-state index in [9.17, 15) is 0 Å². The van der Waals surface area contributed by atoms with Gasteiger partial charge in [0.05, 0.1) is 0 Å². The molecule has 18 heavy (non-hydrogen) atoms. The average Bonchev–Trinajstić information content (AvgIpc) is 2.40. The van der Waals surface area contributed by atoms with Gasteiger partial charge in [0.2, 0.25) is 0 Å². The van der Waals surface area contributed by atoms with Gasteiger partial charge in [-0.2, -0.15) is 0 Å². The molecule has 0 amide bonds. The molecule has 2 aromatic rings. The third-order valence-corrected chi connectivity index (χ3v) is 3.52. The maximum absolute atomic E-state index is 2.30. The normalized spacial score (nSPS) is 12.9. The molecule has 0 nitrogen and oxygen atoms in total. The smallest absolute Gasteiger partial charge is 0.00958 e. The Kier molecular flexibility index (Phi) is 4.19. The lowest BCUT2D eigenvalue weighted by Gasteiger charge is -2.28. The van der Waals surface area contributed by atoms with Crippen LogP contribution < -0.4 is 0 Å². The summed E-state index contributed by atoms with van der Waals surface area (Å²) in [4.78, 5) is 0. The monoisotopic (exact) mass is 237 g/mol. The zero-order valence-electron chi connectivity index (χ0n) is 11.4. The van der Waals surface area contributed by atoms with Crippen LogP contribution in [0.25, 0.3) is 0 Å². The average molecular weight is 237 g/mol. The van der Waals surface area contributed by atoms with Gasteiger partial charge in [-0.05, 0) is 23.0 Å². The zero-order valence-corrected chi connectivity index (χ0v) is 11.4. The Labute approximate surface area is 111 Å². The summed E-state index contributed by atoms with van der Waals surface area (Å²) in [7, 11) is 0. The first kappa shape index (κ1) is 12.9. The van der Waals surface area contributed by atoms with Crippen LogP contribution in [-0.4, -0.2) is 0 Å². The first-order chi connectivity index (χ1) is 8.70. The Balaban J connectivity index is 2.32. The van der Waals surface area contributed by atoms with E-state index >= 15 is 0 Å². The summed E-state index contributed by atoms with van der Waals surface area (Å²) in [5, 5.41) is 0. The summed E-state index contributed by atoms with van der Waals surface area (Å²) in [6.07, 6.45) is 0. The number of hydrogen-bond donors (Lipinski definition) is 0. The van der Waals surface area contributed by atoms with Gasteiger partial charge in [0.15, 0.2) is 0 Å². The van der Waals surface area contributed by atoms with Gasteiger partial charge in [-0.3, -0.25) is 0 Å². The fourth-order valence-electron chi connectivity index (χ4n) is 2.68. The summed E-state index contributed by atoms with van der Waals surface area (Å²) in [5.74, 6) is 2.55. The van der Waals surface area contributed by atoms with Crippen molar-refractivity contribution in [1.82, 2.24) is 0 Å². The summed E-state index contributed by atoms with van der Waals surface area (Å²) in [5.41, 5.74) is 2.76. The molecular weight excluding hydrogens is 216 g/mol. The van der Waals surface area contributed by atoms with E-state index in [4.69, 9.17) is 0 Å². The van der Waals surface area contributed by atoms with Crippen molar-refractivity contribution in [3.8, 4) is 0 Å². The molecule has 0 fully saturated rings. The first-order valence-electron chi connectivity index (χ1n) is 6.64. The molecule has 2 aromatic carbocycles. The fourth-order valence-corrected chi connectivity index (χ4v) is 2.68. The van der Waals surface area contributed by atoms with Crippen molar-refractivity contribution in [2.24, 2.45) is 5.92 Å². The van der Waals surface area contributed by atoms with E-state index in [0.29, 0.717) is 11.8 Å². The van der Waals surface area contributed by atoms with Gasteiger partial charge in [0.25, 0.3) is 0 Å². The Hall–Kier alpha value is -1.56. The van der Waals surface area contributed by atoms with Crippen LogP contribution in [0.3, 0.4) is 0 Å². The minimum Gasteiger partial charge on any atom is -0.0622 e. The molecule has 0 heterocycles. The van der Waals surface area contributed by atoms with Gasteiger partial charge in [-0.15, -0.1) is 0 Å². The van der Waals surface area contributed by atoms with E-state index in [1.54, 1.807) is 0 Å². The minimum atomic E-state index is 0.494. The highest BCUT2D eigenvalue weighted by molar-refractivity contribution is 5.38. The van der Waals surface area contributed by atoms with Gasteiger partial charge < -0.3 is 0 Å². The van der Waals surface area contributed by atoms with Crippen molar-refractivity contribution >= 4 is 0 Å². The molecule has 0 saturated heterocycles. The minimum absolute atomic E-state index is 0.494. The van der Waals surface area contributed by atoms with Gasteiger partial charge >= 0.3 is 0 Å². The molecule has 0 aliphatic rings. The molecule has 0 N–H and O–H groups in total. The van der Waals surface area contributed by atoms with Crippen LogP contribution >= 0.6 is 0 Å². The molecule has 0 aliphatic carbocycles. The van der Waals surface area contributed by atoms with E-state index in [-0.39, 0.29) is 0 Å². The third-order valence-electron chi connectivity index (χ3n) is 3.52. The Morgan fingerprint density at radius 2 is 1.28 bits per heavy atom. The molecule has 0 aliphatic heterocycles. The number of hydrogen-bond acceptors (Lipinski definition) is 0. The van der Waals surface area contributed by atoms with Crippen LogP contribution in [0.5, 0.6) is 0 Å². The molecule has 0 heteroatoms. The lowest BCUT2D eigenvalue weighted by Crippen LogP contribution is -2.15. The van der Waals surface area contributed by atoms with Crippen LogP contribution in [0.15, 0.2) is 60.7 Å². The largest absolute Gasteiger partial charge is 0.0622 e. The molecule has 1 atom stereocenters. The molecule has 1 unspecified atom stereocenters. The molecular formula is C18H21. The van der Waals surface area contributed by atoms with Crippen LogP contribution in [0, 0.1) is 11.8 Å². The van der Waals surface area contributed by atoms with Crippen LogP contribution in [0.4, 0.5) is 0 Å².